The molecule has 2 N–H and O–H groups in total. The smallest absolute Gasteiger partial charge is 0.0718 e. The molecule has 0 aliphatic heterocycles. The molecule has 0 radical (unpaired) electrons. The third-order valence-electron chi connectivity index (χ3n) is 5.82. The van der Waals surface area contributed by atoms with Crippen LogP contribution in [0.5, 0.6) is 0 Å². The second-order valence-corrected chi connectivity index (χ2v) is 7.38. The van der Waals surface area contributed by atoms with Crippen molar-refractivity contribution in [2.24, 2.45) is 29.5 Å². The molecule has 1 aliphatic rings. The van der Waals surface area contributed by atoms with Gasteiger partial charge in [-0.2, -0.15) is 5.10 Å². The number of fused-ring (bicyclic) bond motifs is 1. The van der Waals surface area contributed by atoms with Crippen molar-refractivity contribution in [2.45, 2.75) is 40.2 Å². The Kier molecular flexibility index (Phi) is 2.78. The van der Waals surface area contributed by atoms with Crippen molar-refractivity contribution in [1.82, 2.24) is 9.78 Å². The van der Waals surface area contributed by atoms with Crippen molar-refractivity contribution < 1.29 is 0 Å². The summed E-state index contributed by atoms with van der Waals surface area (Å²) < 4.78 is 1.96. The van der Waals surface area contributed by atoms with E-state index < -0.39 is 0 Å². The molecular formula is C17H25N3. The first-order valence-corrected chi connectivity index (χ1v) is 7.43. The molecule has 3 nitrogen and oxygen atoms in total. The lowest BCUT2D eigenvalue weighted by Crippen LogP contribution is -2.28. The Morgan fingerprint density at radius 3 is 2.40 bits per heavy atom. The summed E-state index contributed by atoms with van der Waals surface area (Å²) in [6.07, 6.45) is 0.860. The fraction of sp³-hybridized carbons (Fsp3) is 0.588. The molecule has 1 unspecified atom stereocenters. The van der Waals surface area contributed by atoms with Gasteiger partial charge in [-0.3, -0.25) is 4.68 Å². The standard InChI is InChI=1S/C17H25N3/c1-16(2)15(17(16,3)4)12(18)10-13-11-8-6-7-9-14(11)20(5)19-13/h6-9,12,15H,10,18H2,1-5H3. The second kappa shape index (κ2) is 4.08. The van der Waals surface area contributed by atoms with Gasteiger partial charge in [-0.25, -0.2) is 0 Å². The molecule has 1 aromatic carbocycles. The van der Waals surface area contributed by atoms with Gasteiger partial charge < -0.3 is 5.73 Å². The maximum atomic E-state index is 6.51. The SMILES string of the molecule is Cn1nc(CC(N)C2C(C)(C)C2(C)C)c2ccccc21. The molecule has 20 heavy (non-hydrogen) atoms. The first kappa shape index (κ1) is 13.6. The second-order valence-electron chi connectivity index (χ2n) is 7.38. The van der Waals surface area contributed by atoms with Gasteiger partial charge in [0.05, 0.1) is 11.2 Å². The number of benzene rings is 1. The molecule has 0 amide bonds. The van der Waals surface area contributed by atoms with Crippen molar-refractivity contribution >= 4 is 10.9 Å². The number of nitrogens with two attached hydrogens (primary N) is 1. The van der Waals surface area contributed by atoms with Crippen LogP contribution in [0.1, 0.15) is 33.4 Å². The predicted molar refractivity (Wildman–Crippen MR) is 83.4 cm³/mol. The van der Waals surface area contributed by atoms with Crippen LogP contribution in [-0.2, 0) is 13.5 Å². The Hall–Kier alpha value is -1.35. The van der Waals surface area contributed by atoms with Crippen LogP contribution in [0.25, 0.3) is 10.9 Å². The van der Waals surface area contributed by atoms with Crippen LogP contribution in [0, 0.1) is 16.7 Å². The molecular weight excluding hydrogens is 246 g/mol. The lowest BCUT2D eigenvalue weighted by Gasteiger charge is -2.12. The van der Waals surface area contributed by atoms with Gasteiger partial charge in [0.15, 0.2) is 0 Å². The molecule has 1 saturated carbocycles. The first-order chi connectivity index (χ1) is 9.26. The molecule has 0 bridgehead atoms. The van der Waals surface area contributed by atoms with Crippen LogP contribution in [0.3, 0.4) is 0 Å². The van der Waals surface area contributed by atoms with E-state index in [9.17, 15) is 0 Å². The summed E-state index contributed by atoms with van der Waals surface area (Å²) in [5.74, 6) is 0.566. The largest absolute Gasteiger partial charge is 0.327 e. The van der Waals surface area contributed by atoms with Crippen LogP contribution < -0.4 is 5.73 Å². The lowest BCUT2D eigenvalue weighted by atomic mass is 9.99. The molecule has 1 aromatic heterocycles. The monoisotopic (exact) mass is 271 g/mol. The molecule has 1 heterocycles. The number of aryl methyl sites for hydroxylation is 1. The minimum atomic E-state index is 0.179. The summed E-state index contributed by atoms with van der Waals surface area (Å²) >= 11 is 0. The third-order valence-corrected chi connectivity index (χ3v) is 5.82. The van der Waals surface area contributed by atoms with Gasteiger partial charge in [-0.05, 0) is 22.8 Å². The lowest BCUT2D eigenvalue weighted by molar-refractivity contribution is 0.457. The maximum Gasteiger partial charge on any atom is 0.0718 e. The van der Waals surface area contributed by atoms with Gasteiger partial charge >= 0.3 is 0 Å². The van der Waals surface area contributed by atoms with E-state index in [1.54, 1.807) is 0 Å². The highest BCUT2D eigenvalue weighted by molar-refractivity contribution is 5.81. The number of aromatic nitrogens is 2. The highest BCUT2D eigenvalue weighted by Gasteiger charge is 2.66. The Morgan fingerprint density at radius 1 is 1.20 bits per heavy atom. The van der Waals surface area contributed by atoms with Crippen molar-refractivity contribution in [3.05, 3.63) is 30.0 Å². The molecule has 3 rings (SSSR count). The topological polar surface area (TPSA) is 43.8 Å². The van der Waals surface area contributed by atoms with E-state index in [0.717, 1.165) is 12.1 Å². The molecule has 108 valence electrons. The number of nitrogens with zero attached hydrogens (tertiary/aromatic N) is 2. The van der Waals surface area contributed by atoms with E-state index in [-0.39, 0.29) is 6.04 Å². The van der Waals surface area contributed by atoms with Gasteiger partial charge in [-0.15, -0.1) is 0 Å². The van der Waals surface area contributed by atoms with Gasteiger partial charge in [0, 0.05) is 24.9 Å². The quantitative estimate of drug-likeness (QED) is 0.932. The van der Waals surface area contributed by atoms with Crippen molar-refractivity contribution in [2.75, 3.05) is 0 Å². The Labute approximate surface area is 121 Å². The molecule has 1 fully saturated rings. The zero-order valence-corrected chi connectivity index (χ0v) is 13.1. The Bertz CT molecular complexity index is 637. The van der Waals surface area contributed by atoms with Crippen molar-refractivity contribution in [3.8, 4) is 0 Å². The van der Waals surface area contributed by atoms with Gasteiger partial charge in [-0.1, -0.05) is 45.9 Å². The summed E-state index contributed by atoms with van der Waals surface area (Å²) in [4.78, 5) is 0. The molecule has 1 atom stereocenters. The minimum absolute atomic E-state index is 0.179. The molecule has 3 heteroatoms. The summed E-state index contributed by atoms with van der Waals surface area (Å²) in [5, 5.41) is 5.91. The Morgan fingerprint density at radius 2 is 1.80 bits per heavy atom. The van der Waals surface area contributed by atoms with Crippen LogP contribution in [0.4, 0.5) is 0 Å². The van der Waals surface area contributed by atoms with E-state index in [1.165, 1.54) is 10.9 Å². The average Bonchev–Trinajstić information content (AvgIpc) is 2.63. The van der Waals surface area contributed by atoms with E-state index in [1.807, 2.05) is 11.7 Å². The maximum absolute atomic E-state index is 6.51. The minimum Gasteiger partial charge on any atom is -0.327 e. The zero-order valence-electron chi connectivity index (χ0n) is 13.1. The van der Waals surface area contributed by atoms with Crippen LogP contribution in [0.2, 0.25) is 0 Å². The fourth-order valence-electron chi connectivity index (χ4n) is 4.10. The van der Waals surface area contributed by atoms with Gasteiger partial charge in [0.25, 0.3) is 0 Å². The summed E-state index contributed by atoms with van der Waals surface area (Å²) in [5.41, 5.74) is 9.49. The van der Waals surface area contributed by atoms with Crippen LogP contribution in [-0.4, -0.2) is 15.8 Å². The molecule has 0 saturated heterocycles. The highest BCUT2D eigenvalue weighted by Crippen LogP contribution is 2.69. The van der Waals surface area contributed by atoms with Gasteiger partial charge in [0.2, 0.25) is 0 Å². The number of para-hydroxylation sites is 1. The molecule has 1 aliphatic carbocycles. The summed E-state index contributed by atoms with van der Waals surface area (Å²) in [6.45, 7) is 9.31. The van der Waals surface area contributed by atoms with E-state index in [0.29, 0.717) is 16.7 Å². The predicted octanol–water partition coefficient (Wildman–Crippen LogP) is 3.13. The average molecular weight is 271 g/mol. The third kappa shape index (κ3) is 1.72. The van der Waals surface area contributed by atoms with E-state index in [2.05, 4.69) is 57.1 Å². The molecule has 2 aromatic rings. The van der Waals surface area contributed by atoms with E-state index >= 15 is 0 Å². The number of rotatable bonds is 3. The van der Waals surface area contributed by atoms with Crippen molar-refractivity contribution in [3.63, 3.8) is 0 Å². The Balaban J connectivity index is 1.88. The molecule has 0 spiro atoms. The summed E-state index contributed by atoms with van der Waals surface area (Å²) in [7, 11) is 2.00. The first-order valence-electron chi connectivity index (χ1n) is 7.43. The van der Waals surface area contributed by atoms with Crippen LogP contribution in [0.15, 0.2) is 24.3 Å². The van der Waals surface area contributed by atoms with E-state index in [4.69, 9.17) is 5.73 Å². The summed E-state index contributed by atoms with van der Waals surface area (Å²) in [6, 6.07) is 8.57. The number of hydrogen-bond acceptors (Lipinski definition) is 2. The number of hydrogen-bond donors (Lipinski definition) is 1. The normalized spacial score (nSPS) is 22.1. The zero-order chi connectivity index (χ0) is 14.7. The van der Waals surface area contributed by atoms with Gasteiger partial charge in [0.1, 0.15) is 0 Å². The fourth-order valence-corrected chi connectivity index (χ4v) is 4.10. The van der Waals surface area contributed by atoms with Crippen molar-refractivity contribution in [1.29, 1.82) is 0 Å². The van der Waals surface area contributed by atoms with Crippen LogP contribution >= 0.6 is 0 Å². The highest BCUT2D eigenvalue weighted by atomic mass is 15.3.